The van der Waals surface area contributed by atoms with Gasteiger partial charge in [0, 0.05) is 38.4 Å². The van der Waals surface area contributed by atoms with Gasteiger partial charge in [0.25, 0.3) is 0 Å². The largest absolute Gasteiger partial charge is 0.309 e. The van der Waals surface area contributed by atoms with E-state index in [1.165, 1.54) is 50.6 Å². The predicted octanol–water partition coefficient (Wildman–Crippen LogP) is 17.0. The highest BCUT2D eigenvalue weighted by Gasteiger charge is 2.42. The zero-order chi connectivity index (χ0) is 48.0. The summed E-state index contributed by atoms with van der Waals surface area (Å²) in [5.74, 6) is 2.39. The van der Waals surface area contributed by atoms with E-state index in [2.05, 4.69) is 232 Å². The lowest BCUT2D eigenvalue weighted by molar-refractivity contribution is 0.233. The Morgan fingerprint density at radius 2 is 0.859 bits per heavy atom. The highest BCUT2D eigenvalue weighted by molar-refractivity contribution is 6.19. The molecular weight excluding hydrogens is 863 g/mol. The van der Waals surface area contributed by atoms with Gasteiger partial charge in [0.15, 0.2) is 11.6 Å². The lowest BCUT2D eigenvalue weighted by Gasteiger charge is -2.46. The molecule has 0 saturated carbocycles. The minimum atomic E-state index is 0.101. The highest BCUT2D eigenvalue weighted by atomic mass is 15.2. The fraction of sp³-hybridized carbons (Fsp3) is 0.136. The maximum absolute atomic E-state index is 5.36. The van der Waals surface area contributed by atoms with Crippen molar-refractivity contribution < 1.29 is 0 Å². The molecule has 12 aromatic rings. The van der Waals surface area contributed by atoms with Crippen LogP contribution in [0.3, 0.4) is 0 Å². The summed E-state index contributed by atoms with van der Waals surface area (Å²) < 4.78 is 4.66. The van der Waals surface area contributed by atoms with Crippen LogP contribution in [0.15, 0.2) is 212 Å². The van der Waals surface area contributed by atoms with Crippen molar-refractivity contribution in [3.05, 3.63) is 223 Å². The standard InChI is InChI=1S/C66H53N5/c1-42-41-65(2,3)56-34-33-49(38-57(56)66(42,4)5)47-25-16-24-46(35-47)48-26-18-28-51(37-48)70-58-31-14-12-29-52(58)54-39-55-53-30-13-15-32-59(53)71(61(55)40-60(54)70)64-68-62(44-21-10-7-11-22-44)67-63(69-64)50-27-17-23-45(36-50)43-19-8-6-9-20-43/h6-40,42H,41H2,1-5H3. The Balaban J connectivity index is 0.981. The minimum Gasteiger partial charge on any atom is -0.309 e. The van der Waals surface area contributed by atoms with Crippen molar-refractivity contribution >= 4 is 43.6 Å². The second-order valence-corrected chi connectivity index (χ2v) is 20.8. The topological polar surface area (TPSA) is 48.5 Å². The molecule has 0 radical (unpaired) electrons. The van der Waals surface area contributed by atoms with E-state index in [1.54, 1.807) is 0 Å². The Hall–Kier alpha value is -8.41. The third-order valence-corrected chi connectivity index (χ3v) is 15.7. The van der Waals surface area contributed by atoms with E-state index in [1.807, 2.05) is 24.3 Å². The Morgan fingerprint density at radius 3 is 1.54 bits per heavy atom. The second kappa shape index (κ2) is 16.4. The van der Waals surface area contributed by atoms with Gasteiger partial charge in [-0.25, -0.2) is 4.98 Å². The number of aromatic nitrogens is 5. The Bertz CT molecular complexity index is 4040. The van der Waals surface area contributed by atoms with Crippen LogP contribution in [0.5, 0.6) is 0 Å². The molecule has 5 heteroatoms. The summed E-state index contributed by atoms with van der Waals surface area (Å²) >= 11 is 0. The Kier molecular flexibility index (Phi) is 9.83. The monoisotopic (exact) mass is 915 g/mol. The SMILES string of the molecule is CC1CC(C)(C)c2ccc(-c3cccc(-c4cccc(-n5c6ccccc6c6cc7c8ccccc8n(-c8nc(-c9ccccc9)nc(-c9cccc(-c%10ccccc%10)c9)n8)c7cc65)c4)c3)cc2C1(C)C. The van der Waals surface area contributed by atoms with Crippen LogP contribution in [-0.4, -0.2) is 24.1 Å². The number of nitrogens with zero attached hydrogens (tertiary/aromatic N) is 5. The summed E-state index contributed by atoms with van der Waals surface area (Å²) in [5.41, 5.74) is 17.6. The Labute approximate surface area is 414 Å². The second-order valence-electron chi connectivity index (χ2n) is 20.8. The maximum Gasteiger partial charge on any atom is 0.238 e. The zero-order valence-electron chi connectivity index (χ0n) is 40.7. The van der Waals surface area contributed by atoms with Gasteiger partial charge in [-0.1, -0.05) is 198 Å². The van der Waals surface area contributed by atoms with Crippen LogP contribution >= 0.6 is 0 Å². The first-order valence-electron chi connectivity index (χ1n) is 24.9. The van der Waals surface area contributed by atoms with Crippen LogP contribution < -0.4 is 0 Å². The van der Waals surface area contributed by atoms with E-state index >= 15 is 0 Å². The van der Waals surface area contributed by atoms with Gasteiger partial charge >= 0.3 is 0 Å². The summed E-state index contributed by atoms with van der Waals surface area (Å²) in [4.78, 5) is 15.8. The van der Waals surface area contributed by atoms with Gasteiger partial charge < -0.3 is 4.57 Å². The quantitative estimate of drug-likeness (QED) is 0.160. The first-order chi connectivity index (χ1) is 34.6. The fourth-order valence-electron chi connectivity index (χ4n) is 11.6. The van der Waals surface area contributed by atoms with E-state index in [9.17, 15) is 0 Å². The van der Waals surface area contributed by atoms with Crippen molar-refractivity contribution in [2.45, 2.75) is 51.9 Å². The molecule has 0 spiro atoms. The summed E-state index contributed by atoms with van der Waals surface area (Å²) in [5, 5.41) is 4.67. The summed E-state index contributed by atoms with van der Waals surface area (Å²) in [6.45, 7) is 12.1. The zero-order valence-corrected chi connectivity index (χ0v) is 40.7. The molecular formula is C66H53N5. The molecule has 71 heavy (non-hydrogen) atoms. The number of benzene rings is 9. The fourth-order valence-corrected chi connectivity index (χ4v) is 11.6. The number of para-hydroxylation sites is 2. The Morgan fingerprint density at radius 1 is 0.366 bits per heavy atom. The van der Waals surface area contributed by atoms with Crippen molar-refractivity contribution in [3.63, 3.8) is 0 Å². The van der Waals surface area contributed by atoms with Gasteiger partial charge in [-0.3, -0.25) is 4.57 Å². The average molecular weight is 916 g/mol. The van der Waals surface area contributed by atoms with Gasteiger partial charge in [-0.05, 0) is 116 Å². The van der Waals surface area contributed by atoms with Crippen molar-refractivity contribution in [1.29, 1.82) is 0 Å². The third kappa shape index (κ3) is 7.09. The smallest absolute Gasteiger partial charge is 0.238 e. The lowest BCUT2D eigenvalue weighted by atomic mass is 9.58. The van der Waals surface area contributed by atoms with E-state index < -0.39 is 0 Å². The highest BCUT2D eigenvalue weighted by Crippen LogP contribution is 2.50. The summed E-state index contributed by atoms with van der Waals surface area (Å²) in [6.07, 6.45) is 1.19. The van der Waals surface area contributed by atoms with Crippen LogP contribution in [0, 0.1) is 5.92 Å². The molecule has 0 N–H and O–H groups in total. The molecule has 0 fully saturated rings. The molecule has 0 bridgehead atoms. The third-order valence-electron chi connectivity index (χ3n) is 15.7. The molecule has 1 aliphatic carbocycles. The molecule has 1 unspecified atom stereocenters. The van der Waals surface area contributed by atoms with E-state index in [0.29, 0.717) is 23.5 Å². The molecule has 1 atom stereocenters. The van der Waals surface area contributed by atoms with Crippen LogP contribution in [0.4, 0.5) is 0 Å². The molecule has 3 aromatic heterocycles. The van der Waals surface area contributed by atoms with Gasteiger partial charge in [0.05, 0.1) is 22.1 Å². The molecule has 9 aromatic carbocycles. The molecule has 0 aliphatic heterocycles. The van der Waals surface area contributed by atoms with E-state index in [-0.39, 0.29) is 10.8 Å². The number of hydrogen-bond acceptors (Lipinski definition) is 3. The summed E-state index contributed by atoms with van der Waals surface area (Å²) in [6, 6.07) is 76.6. The molecule has 0 saturated heterocycles. The maximum atomic E-state index is 5.36. The van der Waals surface area contributed by atoms with Crippen molar-refractivity contribution in [1.82, 2.24) is 24.1 Å². The van der Waals surface area contributed by atoms with Crippen LogP contribution in [0.2, 0.25) is 0 Å². The first kappa shape index (κ1) is 42.7. The van der Waals surface area contributed by atoms with Crippen LogP contribution in [0.25, 0.3) is 111 Å². The number of hydrogen-bond donors (Lipinski definition) is 0. The summed E-state index contributed by atoms with van der Waals surface area (Å²) in [7, 11) is 0. The predicted molar refractivity (Wildman–Crippen MR) is 296 cm³/mol. The van der Waals surface area contributed by atoms with Crippen LogP contribution in [-0.2, 0) is 10.8 Å². The molecule has 1 aliphatic rings. The normalized spacial score (nSPS) is 15.1. The van der Waals surface area contributed by atoms with Crippen LogP contribution in [0.1, 0.15) is 52.2 Å². The molecule has 342 valence electrons. The van der Waals surface area contributed by atoms with Gasteiger partial charge in [0.1, 0.15) is 0 Å². The van der Waals surface area contributed by atoms with E-state index in [4.69, 9.17) is 15.0 Å². The number of fused-ring (bicyclic) bond motifs is 7. The first-order valence-corrected chi connectivity index (χ1v) is 24.9. The van der Waals surface area contributed by atoms with Crippen molar-refractivity contribution in [3.8, 4) is 67.8 Å². The van der Waals surface area contributed by atoms with Gasteiger partial charge in [0.2, 0.25) is 5.95 Å². The minimum absolute atomic E-state index is 0.101. The van der Waals surface area contributed by atoms with Gasteiger partial charge in [-0.2, -0.15) is 9.97 Å². The molecule has 13 rings (SSSR count). The molecule has 0 amide bonds. The average Bonchev–Trinajstić information content (AvgIpc) is 3.92. The van der Waals surface area contributed by atoms with Crippen molar-refractivity contribution in [2.75, 3.05) is 0 Å². The van der Waals surface area contributed by atoms with Gasteiger partial charge in [-0.15, -0.1) is 0 Å². The van der Waals surface area contributed by atoms with Crippen molar-refractivity contribution in [2.24, 2.45) is 5.92 Å². The lowest BCUT2D eigenvalue weighted by Crippen LogP contribution is -2.40. The number of rotatable bonds is 7. The molecule has 3 heterocycles. The molecule has 5 nitrogen and oxygen atoms in total. The van der Waals surface area contributed by atoms with E-state index in [0.717, 1.165) is 60.8 Å².